The molecule has 7 heteroatoms. The van der Waals surface area contributed by atoms with E-state index in [0.717, 1.165) is 17.6 Å². The Morgan fingerprint density at radius 1 is 1.45 bits per heavy atom. The van der Waals surface area contributed by atoms with Crippen LogP contribution in [0.4, 0.5) is 0 Å². The standard InChI is InChI=1S/C13H15N3O2.2ClH/c1-8-2-3-11-10(15-8)6-12(18-11)13(17)16-5-4-9(14)7-16;;/h2-3,6,9H,4-5,7,14H2,1H3;2*1H/t9-;;/m1../s1. The molecule has 1 saturated heterocycles. The van der Waals surface area contributed by atoms with E-state index >= 15 is 0 Å². The molecule has 110 valence electrons. The smallest absolute Gasteiger partial charge is 0.289 e. The number of furan rings is 1. The highest BCUT2D eigenvalue weighted by molar-refractivity contribution is 5.95. The molecule has 0 aliphatic carbocycles. The predicted octanol–water partition coefficient (Wildman–Crippen LogP) is 2.15. The molecule has 0 aromatic carbocycles. The molecule has 0 radical (unpaired) electrons. The molecule has 1 aliphatic heterocycles. The molecule has 0 unspecified atom stereocenters. The van der Waals surface area contributed by atoms with Crippen LogP contribution in [-0.4, -0.2) is 34.9 Å². The van der Waals surface area contributed by atoms with Crippen LogP contribution in [-0.2, 0) is 0 Å². The SMILES string of the molecule is Cc1ccc2oc(C(=O)N3CC[C@@H](N)C3)cc2n1.Cl.Cl. The number of aromatic nitrogens is 1. The average Bonchev–Trinajstić information content (AvgIpc) is 2.93. The van der Waals surface area contributed by atoms with Crippen molar-refractivity contribution in [1.82, 2.24) is 9.88 Å². The monoisotopic (exact) mass is 317 g/mol. The Hall–Kier alpha value is -1.30. The number of rotatable bonds is 1. The van der Waals surface area contributed by atoms with Crippen LogP contribution >= 0.6 is 24.8 Å². The summed E-state index contributed by atoms with van der Waals surface area (Å²) in [5.41, 5.74) is 8.08. The van der Waals surface area contributed by atoms with Gasteiger partial charge in [-0.05, 0) is 25.5 Å². The summed E-state index contributed by atoms with van der Waals surface area (Å²) in [7, 11) is 0. The van der Waals surface area contributed by atoms with Gasteiger partial charge in [0.05, 0.1) is 0 Å². The number of amides is 1. The van der Waals surface area contributed by atoms with Crippen molar-refractivity contribution in [3.05, 3.63) is 29.7 Å². The molecule has 2 aromatic rings. The van der Waals surface area contributed by atoms with Gasteiger partial charge in [-0.1, -0.05) is 0 Å². The first kappa shape index (κ1) is 16.8. The zero-order valence-electron chi connectivity index (χ0n) is 11.0. The highest BCUT2D eigenvalue weighted by Gasteiger charge is 2.26. The van der Waals surface area contributed by atoms with Crippen LogP contribution in [0.25, 0.3) is 11.1 Å². The third kappa shape index (κ3) is 3.06. The normalized spacial score (nSPS) is 17.7. The number of carbonyl (C=O) groups excluding carboxylic acids is 1. The van der Waals surface area contributed by atoms with Crippen molar-refractivity contribution >= 4 is 41.8 Å². The molecule has 3 rings (SSSR count). The first-order chi connectivity index (χ1) is 8.63. The number of nitrogens with two attached hydrogens (primary N) is 1. The molecular formula is C13H17Cl2N3O2. The van der Waals surface area contributed by atoms with Crippen molar-refractivity contribution in [2.24, 2.45) is 5.73 Å². The molecule has 1 amide bonds. The van der Waals surface area contributed by atoms with E-state index in [2.05, 4.69) is 4.98 Å². The van der Waals surface area contributed by atoms with Gasteiger partial charge in [0.25, 0.3) is 5.91 Å². The molecule has 1 fully saturated rings. The van der Waals surface area contributed by atoms with Crippen LogP contribution in [0.1, 0.15) is 22.7 Å². The van der Waals surface area contributed by atoms with Gasteiger partial charge >= 0.3 is 0 Å². The Balaban J connectivity index is 0.000001000. The molecule has 0 spiro atoms. The molecule has 20 heavy (non-hydrogen) atoms. The maximum atomic E-state index is 12.2. The van der Waals surface area contributed by atoms with E-state index in [1.807, 2.05) is 19.1 Å². The van der Waals surface area contributed by atoms with Crippen LogP contribution in [0.5, 0.6) is 0 Å². The van der Waals surface area contributed by atoms with Crippen molar-refractivity contribution in [3.63, 3.8) is 0 Å². The minimum atomic E-state index is -0.0985. The van der Waals surface area contributed by atoms with Crippen LogP contribution < -0.4 is 5.73 Å². The molecule has 2 N–H and O–H groups in total. The molecule has 0 bridgehead atoms. The number of nitrogens with zero attached hydrogens (tertiary/aromatic N) is 2. The number of fused-ring (bicyclic) bond motifs is 1. The van der Waals surface area contributed by atoms with Crippen LogP contribution in [0.15, 0.2) is 22.6 Å². The summed E-state index contributed by atoms with van der Waals surface area (Å²) >= 11 is 0. The minimum Gasteiger partial charge on any atom is -0.449 e. The Morgan fingerprint density at radius 3 is 2.85 bits per heavy atom. The van der Waals surface area contributed by atoms with Gasteiger partial charge in [-0.3, -0.25) is 4.79 Å². The summed E-state index contributed by atoms with van der Waals surface area (Å²) in [5, 5.41) is 0. The summed E-state index contributed by atoms with van der Waals surface area (Å²) in [6, 6.07) is 5.49. The van der Waals surface area contributed by atoms with Crippen molar-refractivity contribution in [2.75, 3.05) is 13.1 Å². The number of hydrogen-bond donors (Lipinski definition) is 1. The number of hydrogen-bond acceptors (Lipinski definition) is 4. The lowest BCUT2D eigenvalue weighted by molar-refractivity contribution is 0.0761. The Kier molecular flexibility index (Phi) is 5.39. The zero-order valence-corrected chi connectivity index (χ0v) is 12.7. The van der Waals surface area contributed by atoms with Crippen molar-refractivity contribution < 1.29 is 9.21 Å². The molecule has 1 aliphatic rings. The quantitative estimate of drug-likeness (QED) is 0.874. The summed E-state index contributed by atoms with van der Waals surface area (Å²) in [4.78, 5) is 18.3. The minimum absolute atomic E-state index is 0. The average molecular weight is 318 g/mol. The summed E-state index contributed by atoms with van der Waals surface area (Å²) in [6.45, 7) is 3.21. The molecule has 5 nitrogen and oxygen atoms in total. The van der Waals surface area contributed by atoms with Gasteiger partial charge in [-0.15, -0.1) is 24.8 Å². The van der Waals surface area contributed by atoms with Gasteiger partial charge in [0.2, 0.25) is 0 Å². The van der Waals surface area contributed by atoms with E-state index in [0.29, 0.717) is 24.4 Å². The third-order valence-electron chi connectivity index (χ3n) is 3.24. The lowest BCUT2D eigenvalue weighted by atomic mass is 10.3. The second kappa shape index (κ2) is 6.43. The van der Waals surface area contributed by atoms with E-state index < -0.39 is 0 Å². The van der Waals surface area contributed by atoms with E-state index in [1.54, 1.807) is 11.0 Å². The lowest BCUT2D eigenvalue weighted by Crippen LogP contribution is -2.31. The van der Waals surface area contributed by atoms with Gasteiger partial charge in [0.1, 0.15) is 5.52 Å². The highest BCUT2D eigenvalue weighted by Crippen LogP contribution is 2.20. The highest BCUT2D eigenvalue weighted by atomic mass is 35.5. The van der Waals surface area contributed by atoms with Crippen molar-refractivity contribution in [2.45, 2.75) is 19.4 Å². The van der Waals surface area contributed by atoms with E-state index in [4.69, 9.17) is 10.2 Å². The number of halogens is 2. The number of aryl methyl sites for hydroxylation is 1. The predicted molar refractivity (Wildman–Crippen MR) is 81.7 cm³/mol. The Labute approximate surface area is 129 Å². The molecule has 1 atom stereocenters. The molecular weight excluding hydrogens is 301 g/mol. The fourth-order valence-corrected chi connectivity index (χ4v) is 2.26. The topological polar surface area (TPSA) is 72.4 Å². The first-order valence-corrected chi connectivity index (χ1v) is 6.05. The summed E-state index contributed by atoms with van der Waals surface area (Å²) < 4.78 is 5.54. The second-order valence-electron chi connectivity index (χ2n) is 4.75. The molecule has 2 aromatic heterocycles. The molecule has 3 heterocycles. The Bertz CT molecular complexity index is 615. The number of carbonyl (C=O) groups is 1. The van der Waals surface area contributed by atoms with Gasteiger partial charge in [-0.25, -0.2) is 4.98 Å². The largest absolute Gasteiger partial charge is 0.449 e. The maximum Gasteiger partial charge on any atom is 0.289 e. The molecule has 0 saturated carbocycles. The lowest BCUT2D eigenvalue weighted by Gasteiger charge is -2.13. The van der Waals surface area contributed by atoms with E-state index in [-0.39, 0.29) is 36.8 Å². The van der Waals surface area contributed by atoms with Crippen molar-refractivity contribution in [1.29, 1.82) is 0 Å². The second-order valence-corrected chi connectivity index (χ2v) is 4.75. The Morgan fingerprint density at radius 2 is 2.20 bits per heavy atom. The number of pyridine rings is 1. The zero-order chi connectivity index (χ0) is 12.7. The fraction of sp³-hybridized carbons (Fsp3) is 0.385. The summed E-state index contributed by atoms with van der Waals surface area (Å²) in [5.74, 6) is 0.246. The number of likely N-dealkylation sites (tertiary alicyclic amines) is 1. The third-order valence-corrected chi connectivity index (χ3v) is 3.24. The van der Waals surface area contributed by atoms with Gasteiger partial charge < -0.3 is 15.1 Å². The first-order valence-electron chi connectivity index (χ1n) is 6.05. The van der Waals surface area contributed by atoms with Gasteiger partial charge in [0.15, 0.2) is 11.3 Å². The van der Waals surface area contributed by atoms with Gasteiger partial charge in [0, 0.05) is 30.9 Å². The summed E-state index contributed by atoms with van der Waals surface area (Å²) in [6.07, 6.45) is 0.851. The van der Waals surface area contributed by atoms with E-state index in [9.17, 15) is 4.79 Å². The van der Waals surface area contributed by atoms with Crippen molar-refractivity contribution in [3.8, 4) is 0 Å². The van der Waals surface area contributed by atoms with Crippen LogP contribution in [0.3, 0.4) is 0 Å². The van der Waals surface area contributed by atoms with E-state index in [1.165, 1.54) is 0 Å². The van der Waals surface area contributed by atoms with Crippen LogP contribution in [0, 0.1) is 6.92 Å². The maximum absolute atomic E-state index is 12.2. The fourth-order valence-electron chi connectivity index (χ4n) is 2.26. The van der Waals surface area contributed by atoms with Crippen LogP contribution in [0.2, 0.25) is 0 Å². The van der Waals surface area contributed by atoms with Gasteiger partial charge in [-0.2, -0.15) is 0 Å².